The summed E-state index contributed by atoms with van der Waals surface area (Å²) in [6.07, 6.45) is -0.425. The lowest BCUT2D eigenvalue weighted by Gasteiger charge is -2.29. The summed E-state index contributed by atoms with van der Waals surface area (Å²) in [4.78, 5) is 16.5. The summed E-state index contributed by atoms with van der Waals surface area (Å²) >= 11 is 0. The number of nitrogens with zero attached hydrogens (tertiary/aromatic N) is 1. The molecule has 0 heterocycles. The molecule has 26 heavy (non-hydrogen) atoms. The lowest BCUT2D eigenvalue weighted by atomic mass is 10.1. The number of rotatable bonds is 6. The van der Waals surface area contributed by atoms with Crippen LogP contribution < -0.4 is 16.0 Å². The minimum Gasteiger partial charge on any atom is -0.444 e. The molecule has 148 valence electrons. The van der Waals surface area contributed by atoms with Gasteiger partial charge in [-0.15, -0.1) is 24.0 Å². The highest BCUT2D eigenvalue weighted by atomic mass is 127. The van der Waals surface area contributed by atoms with E-state index in [9.17, 15) is 4.79 Å². The van der Waals surface area contributed by atoms with Gasteiger partial charge in [-0.2, -0.15) is 0 Å². The van der Waals surface area contributed by atoms with Crippen LogP contribution >= 0.6 is 24.0 Å². The molecule has 0 atom stereocenters. The predicted octanol–water partition coefficient (Wildman–Crippen LogP) is 3.66. The molecule has 1 aromatic carbocycles. The van der Waals surface area contributed by atoms with Gasteiger partial charge in [-0.25, -0.2) is 9.79 Å². The number of carbonyl (C=O) groups is 1. The van der Waals surface area contributed by atoms with E-state index >= 15 is 0 Å². The second kappa shape index (κ2) is 11.3. The second-order valence-corrected chi connectivity index (χ2v) is 7.55. The van der Waals surface area contributed by atoms with E-state index in [1.165, 1.54) is 0 Å². The first-order chi connectivity index (χ1) is 11.6. The Hall–Kier alpha value is -1.51. The number of carbonyl (C=O) groups excluding carboxylic acids is 1. The molecule has 0 aliphatic carbocycles. The van der Waals surface area contributed by atoms with E-state index in [0.29, 0.717) is 19.0 Å². The molecule has 0 fully saturated rings. The topological polar surface area (TPSA) is 74.8 Å². The number of halogens is 1. The Morgan fingerprint density at radius 1 is 1.08 bits per heavy atom. The normalized spacial score (nSPS) is 12.0. The van der Waals surface area contributed by atoms with E-state index in [1.54, 1.807) is 0 Å². The molecule has 0 unspecified atom stereocenters. The highest BCUT2D eigenvalue weighted by Crippen LogP contribution is 2.09. The SMILES string of the molecule is CCNC(=NCc1ccccc1)NCC(C)(C)NC(=O)OC(C)(C)C.I. The smallest absolute Gasteiger partial charge is 0.408 e. The minimum absolute atomic E-state index is 0. The molecule has 0 aliphatic rings. The lowest BCUT2D eigenvalue weighted by Crippen LogP contribution is -2.54. The molecule has 0 spiro atoms. The summed E-state index contributed by atoms with van der Waals surface area (Å²) in [6, 6.07) is 10.1. The highest BCUT2D eigenvalue weighted by Gasteiger charge is 2.24. The van der Waals surface area contributed by atoms with Crippen LogP contribution in [0, 0.1) is 0 Å². The number of aliphatic imine (C=N–C) groups is 1. The average molecular weight is 476 g/mol. The molecule has 0 aliphatic heterocycles. The van der Waals surface area contributed by atoms with Gasteiger partial charge in [0.05, 0.1) is 12.1 Å². The van der Waals surface area contributed by atoms with Crippen molar-refractivity contribution >= 4 is 36.0 Å². The number of guanidine groups is 1. The van der Waals surface area contributed by atoms with E-state index in [-0.39, 0.29) is 24.0 Å². The van der Waals surface area contributed by atoms with Crippen LogP contribution in [0.4, 0.5) is 4.79 Å². The van der Waals surface area contributed by atoms with E-state index < -0.39 is 17.2 Å². The summed E-state index contributed by atoms with van der Waals surface area (Å²) in [5, 5.41) is 9.36. The zero-order valence-electron chi connectivity index (χ0n) is 16.7. The molecule has 7 heteroatoms. The number of hydrogen-bond acceptors (Lipinski definition) is 3. The van der Waals surface area contributed by atoms with E-state index in [4.69, 9.17) is 4.74 Å². The van der Waals surface area contributed by atoms with Crippen molar-refractivity contribution < 1.29 is 9.53 Å². The van der Waals surface area contributed by atoms with Crippen molar-refractivity contribution in [3.63, 3.8) is 0 Å². The van der Waals surface area contributed by atoms with E-state index in [0.717, 1.165) is 12.1 Å². The fourth-order valence-corrected chi connectivity index (χ4v) is 2.02. The maximum atomic E-state index is 11.9. The molecular weight excluding hydrogens is 443 g/mol. The monoisotopic (exact) mass is 476 g/mol. The Morgan fingerprint density at radius 2 is 1.69 bits per heavy atom. The molecule has 6 nitrogen and oxygen atoms in total. The van der Waals surface area contributed by atoms with Crippen molar-refractivity contribution in [2.75, 3.05) is 13.1 Å². The molecule has 1 rings (SSSR count). The highest BCUT2D eigenvalue weighted by molar-refractivity contribution is 14.0. The molecule has 0 radical (unpaired) electrons. The van der Waals surface area contributed by atoms with E-state index in [1.807, 2.05) is 71.9 Å². The summed E-state index contributed by atoms with van der Waals surface area (Å²) in [6.45, 7) is 13.3. The Labute approximate surface area is 174 Å². The number of ether oxygens (including phenoxy) is 1. The second-order valence-electron chi connectivity index (χ2n) is 7.55. The van der Waals surface area contributed by atoms with Crippen LogP contribution in [0.15, 0.2) is 35.3 Å². The number of hydrogen-bond donors (Lipinski definition) is 3. The van der Waals surface area contributed by atoms with Crippen LogP contribution in [0.1, 0.15) is 47.1 Å². The van der Waals surface area contributed by atoms with Crippen LogP contribution in [-0.2, 0) is 11.3 Å². The predicted molar refractivity (Wildman–Crippen MR) is 118 cm³/mol. The van der Waals surface area contributed by atoms with Gasteiger partial charge < -0.3 is 20.7 Å². The standard InChI is InChI=1S/C19H32N4O2.HI/c1-7-20-16(21-13-15-11-9-8-10-12-15)22-14-19(5,6)23-17(24)25-18(2,3)4;/h8-12H,7,13-14H2,1-6H3,(H,23,24)(H2,20,21,22);1H. The third-order valence-electron chi connectivity index (χ3n) is 3.14. The molecule has 1 aromatic rings. The van der Waals surface area contributed by atoms with Crippen molar-refractivity contribution in [1.29, 1.82) is 0 Å². The summed E-state index contributed by atoms with van der Waals surface area (Å²) < 4.78 is 5.31. The van der Waals surface area contributed by atoms with E-state index in [2.05, 4.69) is 20.9 Å². The first-order valence-electron chi connectivity index (χ1n) is 8.68. The quantitative estimate of drug-likeness (QED) is 0.333. The van der Waals surface area contributed by atoms with Gasteiger partial charge in [-0.1, -0.05) is 30.3 Å². The zero-order chi connectivity index (χ0) is 18.9. The first-order valence-corrected chi connectivity index (χ1v) is 8.68. The third kappa shape index (κ3) is 11.2. The van der Waals surface area contributed by atoms with Gasteiger partial charge in [0.15, 0.2) is 5.96 Å². The van der Waals surface area contributed by atoms with Crippen molar-refractivity contribution in [3.8, 4) is 0 Å². The first kappa shape index (κ1) is 24.5. The molecule has 3 N–H and O–H groups in total. The largest absolute Gasteiger partial charge is 0.444 e. The van der Waals surface area contributed by atoms with Crippen molar-refractivity contribution in [3.05, 3.63) is 35.9 Å². The van der Waals surface area contributed by atoms with Crippen LogP contribution in [0.5, 0.6) is 0 Å². The van der Waals surface area contributed by atoms with Gasteiger partial charge in [0.2, 0.25) is 0 Å². The van der Waals surface area contributed by atoms with Crippen LogP contribution in [0.25, 0.3) is 0 Å². The summed E-state index contributed by atoms with van der Waals surface area (Å²) in [7, 11) is 0. The molecule has 0 aromatic heterocycles. The van der Waals surface area contributed by atoms with Gasteiger partial charge in [-0.3, -0.25) is 0 Å². The number of nitrogens with one attached hydrogen (secondary N) is 3. The molecule has 0 saturated carbocycles. The van der Waals surface area contributed by atoms with Gasteiger partial charge in [0.25, 0.3) is 0 Å². The minimum atomic E-state index is -0.514. The Bertz CT molecular complexity index is 569. The van der Waals surface area contributed by atoms with Crippen molar-refractivity contribution in [2.45, 2.75) is 59.2 Å². The molecule has 1 amide bonds. The van der Waals surface area contributed by atoms with Crippen LogP contribution in [0.3, 0.4) is 0 Å². The van der Waals surface area contributed by atoms with Crippen LogP contribution in [0.2, 0.25) is 0 Å². The molecule has 0 saturated heterocycles. The van der Waals surface area contributed by atoms with Gasteiger partial charge in [0.1, 0.15) is 5.60 Å². The number of alkyl carbamates (subject to hydrolysis) is 1. The summed E-state index contributed by atoms with van der Waals surface area (Å²) in [5.41, 5.74) is 0.149. The third-order valence-corrected chi connectivity index (χ3v) is 3.14. The fraction of sp³-hybridized carbons (Fsp3) is 0.579. The van der Waals surface area contributed by atoms with Crippen molar-refractivity contribution in [2.24, 2.45) is 4.99 Å². The Balaban J connectivity index is 0.00000625. The molecular formula is C19H33IN4O2. The van der Waals surface area contributed by atoms with Gasteiger partial charge in [-0.05, 0) is 47.1 Å². The lowest BCUT2D eigenvalue weighted by molar-refractivity contribution is 0.0474. The maximum absolute atomic E-state index is 11.9. The van der Waals surface area contributed by atoms with Crippen LogP contribution in [-0.4, -0.2) is 36.3 Å². The number of benzene rings is 1. The molecule has 0 bridgehead atoms. The summed E-state index contributed by atoms with van der Waals surface area (Å²) in [5.74, 6) is 0.713. The Morgan fingerprint density at radius 3 is 2.23 bits per heavy atom. The fourth-order valence-electron chi connectivity index (χ4n) is 2.02. The maximum Gasteiger partial charge on any atom is 0.408 e. The average Bonchev–Trinajstić information content (AvgIpc) is 2.48. The zero-order valence-corrected chi connectivity index (χ0v) is 19.0. The number of amides is 1. The van der Waals surface area contributed by atoms with Gasteiger partial charge >= 0.3 is 6.09 Å². The van der Waals surface area contributed by atoms with Gasteiger partial charge in [0, 0.05) is 13.1 Å². The van der Waals surface area contributed by atoms with Crippen molar-refractivity contribution in [1.82, 2.24) is 16.0 Å². The Kier molecular flexibility index (Phi) is 10.6.